The lowest BCUT2D eigenvalue weighted by Crippen LogP contribution is -2.54. The minimum Gasteiger partial charge on any atom is -0.491 e. The zero-order valence-corrected chi connectivity index (χ0v) is 39.6. The molecule has 3 N–H and O–H groups in total. The molecule has 5 aromatic rings. The third kappa shape index (κ3) is 8.99. The summed E-state index contributed by atoms with van der Waals surface area (Å²) in [6.07, 6.45) is 12.0. The molecular weight excluding hydrogens is 896 g/mol. The fourth-order valence-electron chi connectivity index (χ4n) is 11.4. The van der Waals surface area contributed by atoms with E-state index in [-0.39, 0.29) is 56.3 Å². The van der Waals surface area contributed by atoms with E-state index >= 15 is 0 Å². The number of anilines is 1. The smallest absolute Gasteiger partial charge is 0.288 e. The SMILES string of the molecule is CC(C)c1ccccc1[C@@H]1CCCN1C1CC2(CCN(c3ccc(C(=O)NS(=O)(=O)c4cc5c(c([N+](=O)[O-])c4)S[C@@H](C4CCC(C)(O)CC4)CO5)c(Oc4cnc5[nH]cc(F)c5c4)c3)CC2)C1. The maximum absolute atomic E-state index is 14.7. The average molecular weight is 953 g/mol. The van der Waals surface area contributed by atoms with Gasteiger partial charge < -0.3 is 24.5 Å². The Kier molecular flexibility index (Phi) is 12.0. The number of rotatable bonds is 11. The van der Waals surface area contributed by atoms with Crippen molar-refractivity contribution >= 4 is 50.1 Å². The number of hydrogen-bond donors (Lipinski definition) is 3. The van der Waals surface area contributed by atoms with Crippen LogP contribution in [0.3, 0.4) is 0 Å². The highest BCUT2D eigenvalue weighted by Crippen LogP contribution is 2.55. The number of carbonyl (C=O) groups excluding carboxylic acids is 1. The van der Waals surface area contributed by atoms with E-state index in [4.69, 9.17) is 9.47 Å². The normalized spacial score (nSPS) is 24.3. The van der Waals surface area contributed by atoms with Crippen molar-refractivity contribution in [1.29, 1.82) is 0 Å². The second-order valence-electron chi connectivity index (χ2n) is 20.0. The molecule has 4 fully saturated rings. The summed E-state index contributed by atoms with van der Waals surface area (Å²) in [7, 11) is -4.69. The number of benzene rings is 3. The highest BCUT2D eigenvalue weighted by atomic mass is 32.2. The van der Waals surface area contributed by atoms with Crippen molar-refractivity contribution < 1.29 is 37.1 Å². The van der Waals surface area contributed by atoms with E-state index in [9.17, 15) is 32.8 Å². The molecule has 5 heterocycles. The van der Waals surface area contributed by atoms with Gasteiger partial charge in [-0.2, -0.15) is 0 Å². The van der Waals surface area contributed by atoms with Gasteiger partial charge in [-0.3, -0.25) is 19.8 Å². The summed E-state index contributed by atoms with van der Waals surface area (Å²) in [5.41, 5.74) is 2.97. The Labute approximate surface area is 394 Å². The monoisotopic (exact) mass is 952 g/mol. The quantitative estimate of drug-likeness (QED) is 0.0844. The van der Waals surface area contributed by atoms with E-state index in [1.807, 2.05) is 6.92 Å². The number of hydrogen-bond acceptors (Lipinski definition) is 12. The number of nitro groups is 1. The fraction of sp³-hybridized carbons (Fsp3) is 0.480. The number of pyridine rings is 1. The average Bonchev–Trinajstić information content (AvgIpc) is 3.94. The van der Waals surface area contributed by atoms with Crippen LogP contribution in [0.2, 0.25) is 0 Å². The van der Waals surface area contributed by atoms with Crippen molar-refractivity contribution in [2.24, 2.45) is 11.3 Å². The molecule has 2 atom stereocenters. The van der Waals surface area contributed by atoms with Crippen LogP contribution in [0.25, 0.3) is 11.0 Å². The van der Waals surface area contributed by atoms with Gasteiger partial charge in [-0.1, -0.05) is 38.1 Å². The molecule has 1 spiro atoms. The summed E-state index contributed by atoms with van der Waals surface area (Å²) >= 11 is 1.29. The molecule has 67 heavy (non-hydrogen) atoms. The van der Waals surface area contributed by atoms with Gasteiger partial charge in [-0.05, 0) is 124 Å². The number of aromatic amines is 1. The first-order valence-corrected chi connectivity index (χ1v) is 25.9. The molecule has 2 aliphatic carbocycles. The Morgan fingerprint density at radius 3 is 2.57 bits per heavy atom. The molecule has 0 bridgehead atoms. The van der Waals surface area contributed by atoms with Crippen LogP contribution in [0.1, 0.15) is 118 Å². The lowest BCUT2D eigenvalue weighted by Gasteiger charge is -2.56. The molecule has 5 aliphatic rings. The molecule has 10 rings (SSSR count). The molecule has 14 nitrogen and oxygen atoms in total. The Morgan fingerprint density at radius 1 is 1.06 bits per heavy atom. The number of sulfonamides is 1. The highest BCUT2D eigenvalue weighted by molar-refractivity contribution is 8.00. The van der Waals surface area contributed by atoms with Gasteiger partial charge in [0.25, 0.3) is 21.6 Å². The molecule has 2 aromatic heterocycles. The van der Waals surface area contributed by atoms with Crippen LogP contribution >= 0.6 is 11.8 Å². The van der Waals surface area contributed by atoms with Crippen molar-refractivity contribution in [1.82, 2.24) is 19.6 Å². The van der Waals surface area contributed by atoms with Gasteiger partial charge in [0.2, 0.25) is 0 Å². The Morgan fingerprint density at radius 2 is 1.82 bits per heavy atom. The lowest BCUT2D eigenvalue weighted by molar-refractivity contribution is -0.388. The molecule has 3 aliphatic heterocycles. The molecule has 0 unspecified atom stereocenters. The Hall–Kier alpha value is -5.23. The number of nitro benzene ring substituents is 1. The second kappa shape index (κ2) is 17.7. The van der Waals surface area contributed by atoms with E-state index in [0.29, 0.717) is 36.5 Å². The number of nitrogens with zero attached hydrogens (tertiary/aromatic N) is 4. The summed E-state index contributed by atoms with van der Waals surface area (Å²) in [6.45, 7) is 9.27. The van der Waals surface area contributed by atoms with Crippen molar-refractivity contribution in [3.8, 4) is 17.2 Å². The highest BCUT2D eigenvalue weighted by Gasteiger charge is 2.50. The Bertz CT molecular complexity index is 2830. The van der Waals surface area contributed by atoms with Crippen molar-refractivity contribution in [3.05, 3.63) is 106 Å². The fourth-order valence-corrected chi connectivity index (χ4v) is 13.8. The zero-order valence-electron chi connectivity index (χ0n) is 38.0. The van der Waals surface area contributed by atoms with E-state index in [1.165, 1.54) is 79.2 Å². The van der Waals surface area contributed by atoms with Crippen LogP contribution in [-0.2, 0) is 10.0 Å². The van der Waals surface area contributed by atoms with Crippen molar-refractivity contribution in [2.45, 2.75) is 124 Å². The van der Waals surface area contributed by atoms with E-state index < -0.39 is 42.9 Å². The maximum atomic E-state index is 14.7. The first-order chi connectivity index (χ1) is 32.1. The number of H-pyrrole nitrogens is 1. The molecule has 3 aromatic carbocycles. The molecule has 2 saturated heterocycles. The molecule has 0 radical (unpaired) electrons. The summed E-state index contributed by atoms with van der Waals surface area (Å²) in [6, 6.07) is 18.5. The lowest BCUT2D eigenvalue weighted by atomic mass is 9.59. The predicted octanol–water partition coefficient (Wildman–Crippen LogP) is 10.0. The summed E-state index contributed by atoms with van der Waals surface area (Å²) in [5.74, 6) is -0.715. The van der Waals surface area contributed by atoms with Crippen molar-refractivity contribution in [3.63, 3.8) is 0 Å². The number of nitrogens with one attached hydrogen (secondary N) is 2. The number of carbonyl (C=O) groups is 1. The van der Waals surface area contributed by atoms with E-state index in [0.717, 1.165) is 57.1 Å². The van der Waals surface area contributed by atoms with Crippen LogP contribution < -0.4 is 19.1 Å². The van der Waals surface area contributed by atoms with Crippen LogP contribution in [0, 0.1) is 27.3 Å². The van der Waals surface area contributed by atoms with Crippen LogP contribution in [0.4, 0.5) is 15.8 Å². The standard InChI is InChI=1S/C50H57FN6O8S2/c1-30(2)36-7-4-5-8-37(36)41-9-6-18-56(41)33-25-50(26-33)16-19-55(20-17-50)32-10-11-38(43(21-32)65-34-22-39-40(51)28-53-47(39)52-27-34)48(58)54-67(62,63)35-23-42(57(60)61)46-44(24-35)64-29-45(66-46)31-12-14-49(3,59)15-13-31/h4-5,7-8,10-11,21-24,27-28,30-31,33,41,45,59H,6,9,12-20,25-26,29H2,1-3H3,(H,52,53)(H,54,58)/t31?,41-,45+,49?/m0/s1. The minimum atomic E-state index is -4.69. The number of aromatic nitrogens is 2. The van der Waals surface area contributed by atoms with E-state index in [1.54, 1.807) is 12.1 Å². The van der Waals surface area contributed by atoms with Gasteiger partial charge in [0, 0.05) is 60.5 Å². The molecule has 17 heteroatoms. The first kappa shape index (κ1) is 45.5. The third-order valence-corrected chi connectivity index (χ3v) is 18.0. The summed E-state index contributed by atoms with van der Waals surface area (Å²) in [5, 5.41) is 22.9. The number of ether oxygens (including phenoxy) is 2. The molecule has 2 saturated carbocycles. The largest absolute Gasteiger partial charge is 0.491 e. The van der Waals surface area contributed by atoms with Gasteiger partial charge in [-0.15, -0.1) is 11.8 Å². The molecule has 354 valence electrons. The number of halogens is 1. The number of aliphatic hydroxyl groups is 1. The van der Waals surface area contributed by atoms with Gasteiger partial charge in [-0.25, -0.2) is 22.5 Å². The number of likely N-dealkylation sites (tertiary alicyclic amines) is 1. The topological polar surface area (TPSA) is 180 Å². The van der Waals surface area contributed by atoms with Crippen LogP contribution in [-0.4, -0.2) is 82.4 Å². The molecule has 1 amide bonds. The van der Waals surface area contributed by atoms with Gasteiger partial charge in [0.1, 0.15) is 40.2 Å². The third-order valence-electron chi connectivity index (χ3n) is 15.2. The van der Waals surface area contributed by atoms with Crippen LogP contribution in [0.5, 0.6) is 17.2 Å². The number of thioether (sulfide) groups is 1. The zero-order chi connectivity index (χ0) is 46.8. The maximum Gasteiger partial charge on any atom is 0.288 e. The van der Waals surface area contributed by atoms with Crippen molar-refractivity contribution in [2.75, 3.05) is 31.1 Å². The van der Waals surface area contributed by atoms with Crippen LogP contribution in [0.15, 0.2) is 82.8 Å². The number of piperidine rings is 1. The van der Waals surface area contributed by atoms with Gasteiger partial charge >= 0.3 is 0 Å². The number of amides is 1. The first-order valence-electron chi connectivity index (χ1n) is 23.5. The Balaban J connectivity index is 0.863. The molecular formula is C50H57FN6O8S2. The van der Waals surface area contributed by atoms with Gasteiger partial charge in [0.05, 0.1) is 32.6 Å². The van der Waals surface area contributed by atoms with Gasteiger partial charge in [0.15, 0.2) is 0 Å². The second-order valence-corrected chi connectivity index (χ2v) is 22.9. The van der Waals surface area contributed by atoms with E-state index in [2.05, 4.69) is 62.6 Å². The minimum absolute atomic E-state index is 0.0273. The summed E-state index contributed by atoms with van der Waals surface area (Å²) in [4.78, 5) is 37.6. The summed E-state index contributed by atoms with van der Waals surface area (Å²) < 4.78 is 57.0. The predicted molar refractivity (Wildman–Crippen MR) is 254 cm³/mol. The number of fused-ring (bicyclic) bond motifs is 2.